The Hall–Kier alpha value is -0.980. The van der Waals surface area contributed by atoms with E-state index in [1.54, 1.807) is 18.2 Å². The van der Waals surface area contributed by atoms with E-state index >= 15 is 0 Å². The summed E-state index contributed by atoms with van der Waals surface area (Å²) in [6.45, 7) is 7.00. The van der Waals surface area contributed by atoms with Crippen molar-refractivity contribution < 1.29 is 9.46 Å². The third kappa shape index (κ3) is 5.46. The molecule has 0 rings (SSSR count). The highest BCUT2D eigenvalue weighted by molar-refractivity contribution is 7.41. The van der Waals surface area contributed by atoms with Crippen LogP contribution in [0.25, 0.3) is 0 Å². The van der Waals surface area contributed by atoms with Gasteiger partial charge in [0.15, 0.2) is 5.82 Å². The first-order chi connectivity index (χ1) is 5.20. The molecule has 0 fully saturated rings. The number of hydrogen-bond acceptors (Lipinski definition) is 1. The molecule has 0 heterocycles. The van der Waals surface area contributed by atoms with E-state index < -0.39 is 8.03 Å². The zero-order valence-electron chi connectivity index (χ0n) is 6.10. The van der Waals surface area contributed by atoms with Gasteiger partial charge in [0.25, 0.3) is 0 Å². The predicted octanol–water partition coefficient (Wildman–Crippen LogP) is 2.53. The lowest BCUT2D eigenvalue weighted by atomic mass is 10.2. The molecule has 0 saturated carbocycles. The Morgan fingerprint density at radius 1 is 1.45 bits per heavy atom. The van der Waals surface area contributed by atoms with Crippen LogP contribution in [0.3, 0.4) is 0 Å². The van der Waals surface area contributed by atoms with Gasteiger partial charge in [0, 0.05) is 0 Å². The molecule has 0 spiro atoms. The summed E-state index contributed by atoms with van der Waals surface area (Å²) in [7, 11) is -2.20. The van der Waals surface area contributed by atoms with Gasteiger partial charge in [0.2, 0.25) is 0 Å². The number of rotatable bonds is 4. The maximum absolute atomic E-state index is 10.2. The summed E-state index contributed by atoms with van der Waals surface area (Å²) in [6, 6.07) is 0. The van der Waals surface area contributed by atoms with Gasteiger partial charge in [-0.05, 0) is 16.2 Å². The quantitative estimate of drug-likeness (QED) is 0.518. The average molecular weight is 169 g/mol. The first-order valence-corrected chi connectivity index (χ1v) is 4.27. The summed E-state index contributed by atoms with van der Waals surface area (Å²) >= 11 is 0. The van der Waals surface area contributed by atoms with Crippen LogP contribution in [0.1, 0.15) is 0 Å². The Bertz CT molecular complexity index is 226. The standard InChI is InChI=1S/C8H9O2P/c1-3-5-8(4-2)6-7-11(9)10/h3-7H,1-2H2/p+1/b7-6+,8-5+. The van der Waals surface area contributed by atoms with Crippen LogP contribution in [0, 0.1) is 0 Å². The van der Waals surface area contributed by atoms with Crippen molar-refractivity contribution in [1.29, 1.82) is 0 Å². The second-order valence-corrected chi connectivity index (χ2v) is 2.63. The Balaban J connectivity index is 4.30. The highest BCUT2D eigenvalue weighted by Gasteiger charge is 2.00. The van der Waals surface area contributed by atoms with E-state index in [0.717, 1.165) is 5.57 Å². The maximum atomic E-state index is 10.2. The van der Waals surface area contributed by atoms with Gasteiger partial charge in [-0.2, -0.15) is 4.89 Å². The van der Waals surface area contributed by atoms with E-state index in [-0.39, 0.29) is 0 Å². The topological polar surface area (TPSA) is 37.3 Å². The molecule has 1 unspecified atom stereocenters. The molecular weight excluding hydrogens is 159 g/mol. The van der Waals surface area contributed by atoms with Gasteiger partial charge in [-0.3, -0.25) is 0 Å². The van der Waals surface area contributed by atoms with E-state index in [1.165, 1.54) is 11.9 Å². The molecule has 0 aliphatic heterocycles. The minimum atomic E-state index is -2.20. The van der Waals surface area contributed by atoms with Crippen LogP contribution in [-0.2, 0) is 4.57 Å². The van der Waals surface area contributed by atoms with E-state index in [0.29, 0.717) is 0 Å². The molecule has 1 N–H and O–H groups in total. The molecule has 0 aliphatic carbocycles. The number of allylic oxidation sites excluding steroid dienone is 5. The zero-order chi connectivity index (χ0) is 8.69. The highest BCUT2D eigenvalue weighted by Crippen LogP contribution is 2.15. The van der Waals surface area contributed by atoms with Gasteiger partial charge >= 0.3 is 8.03 Å². The van der Waals surface area contributed by atoms with E-state index in [1.807, 2.05) is 0 Å². The van der Waals surface area contributed by atoms with Crippen molar-refractivity contribution in [3.8, 4) is 0 Å². The fourth-order valence-electron chi connectivity index (χ4n) is 0.478. The van der Waals surface area contributed by atoms with Gasteiger partial charge in [-0.25, -0.2) is 0 Å². The fraction of sp³-hybridized carbons (Fsp3) is 0. The van der Waals surface area contributed by atoms with Crippen molar-refractivity contribution in [1.82, 2.24) is 0 Å². The molecule has 0 aromatic carbocycles. The van der Waals surface area contributed by atoms with Crippen LogP contribution >= 0.6 is 8.03 Å². The Labute approximate surface area is 67.1 Å². The molecule has 2 nitrogen and oxygen atoms in total. The summed E-state index contributed by atoms with van der Waals surface area (Å²) in [5.74, 6) is 1.20. The highest BCUT2D eigenvalue weighted by atomic mass is 31.1. The van der Waals surface area contributed by atoms with Crippen LogP contribution in [0.15, 0.2) is 48.9 Å². The minimum Gasteiger partial charge on any atom is -0.157 e. The Kier molecular flexibility index (Phi) is 5.26. The molecule has 0 aromatic heterocycles. The normalized spacial score (nSPS) is 13.2. The van der Waals surface area contributed by atoms with Crippen molar-refractivity contribution in [2.75, 3.05) is 0 Å². The largest absolute Gasteiger partial charge is 0.538 e. The maximum Gasteiger partial charge on any atom is 0.538 e. The molecule has 0 amide bonds. The third-order valence-electron chi connectivity index (χ3n) is 0.941. The predicted molar refractivity (Wildman–Crippen MR) is 47.4 cm³/mol. The van der Waals surface area contributed by atoms with Gasteiger partial charge in [-0.15, -0.1) is 0 Å². The molecule has 0 saturated heterocycles. The fourth-order valence-corrected chi connectivity index (χ4v) is 0.777. The minimum absolute atomic E-state index is 0.761. The van der Waals surface area contributed by atoms with Crippen LogP contribution in [0.2, 0.25) is 0 Å². The SMILES string of the molecule is C=C/C=C(C=C)/C=C/[P+](=O)O. The van der Waals surface area contributed by atoms with Crippen molar-refractivity contribution in [2.24, 2.45) is 0 Å². The third-order valence-corrected chi connectivity index (χ3v) is 1.34. The molecule has 58 valence electrons. The van der Waals surface area contributed by atoms with Crippen LogP contribution < -0.4 is 0 Å². The van der Waals surface area contributed by atoms with E-state index in [9.17, 15) is 4.57 Å². The summed E-state index contributed by atoms with van der Waals surface area (Å²) in [4.78, 5) is 8.40. The van der Waals surface area contributed by atoms with Crippen molar-refractivity contribution in [2.45, 2.75) is 0 Å². The zero-order valence-corrected chi connectivity index (χ0v) is 7.00. The van der Waals surface area contributed by atoms with Crippen molar-refractivity contribution in [3.05, 3.63) is 48.9 Å². The van der Waals surface area contributed by atoms with Gasteiger partial charge in [0.05, 0.1) is 0 Å². The molecule has 1 atom stereocenters. The Morgan fingerprint density at radius 3 is 2.45 bits per heavy atom. The summed E-state index contributed by atoms with van der Waals surface area (Å²) in [6.07, 6.45) is 6.39. The smallest absolute Gasteiger partial charge is 0.157 e. The molecule has 0 bridgehead atoms. The lowest BCUT2D eigenvalue weighted by molar-refractivity contribution is 0.512. The molecule has 11 heavy (non-hydrogen) atoms. The molecule has 3 heteroatoms. The molecule has 0 aromatic rings. The van der Waals surface area contributed by atoms with Gasteiger partial charge in [-0.1, -0.05) is 31.4 Å². The second-order valence-electron chi connectivity index (χ2n) is 1.72. The molecular formula is C8H10O2P+. The van der Waals surface area contributed by atoms with Crippen LogP contribution in [-0.4, -0.2) is 4.89 Å². The van der Waals surface area contributed by atoms with Crippen LogP contribution in [0.5, 0.6) is 0 Å². The van der Waals surface area contributed by atoms with Crippen molar-refractivity contribution >= 4 is 8.03 Å². The monoisotopic (exact) mass is 169 g/mol. The van der Waals surface area contributed by atoms with E-state index in [2.05, 4.69) is 13.2 Å². The first-order valence-electron chi connectivity index (χ1n) is 2.99. The summed E-state index contributed by atoms with van der Waals surface area (Å²) in [5.41, 5.74) is 0.761. The molecule has 0 radical (unpaired) electrons. The van der Waals surface area contributed by atoms with Crippen molar-refractivity contribution in [3.63, 3.8) is 0 Å². The van der Waals surface area contributed by atoms with Gasteiger partial charge in [0.1, 0.15) is 0 Å². The lowest BCUT2D eigenvalue weighted by Gasteiger charge is -1.83. The lowest BCUT2D eigenvalue weighted by Crippen LogP contribution is -1.66. The van der Waals surface area contributed by atoms with E-state index in [4.69, 9.17) is 4.89 Å². The Morgan fingerprint density at radius 2 is 2.09 bits per heavy atom. The van der Waals surface area contributed by atoms with Gasteiger partial charge < -0.3 is 0 Å². The summed E-state index contributed by atoms with van der Waals surface area (Å²) < 4.78 is 10.2. The average Bonchev–Trinajstić information content (AvgIpc) is 1.97. The first kappa shape index (κ1) is 10.0. The summed E-state index contributed by atoms with van der Waals surface area (Å²) in [5, 5.41) is 0. The molecule has 0 aliphatic rings. The second kappa shape index (κ2) is 5.78. The number of hydrogen-bond donors (Lipinski definition) is 1. The van der Waals surface area contributed by atoms with Crippen LogP contribution in [0.4, 0.5) is 0 Å².